The molecular formula is C17H19N7O6S3. The van der Waals surface area contributed by atoms with E-state index in [1.54, 1.807) is 0 Å². The Balaban J connectivity index is 1.41. The van der Waals surface area contributed by atoms with Gasteiger partial charge in [-0.25, -0.2) is 9.48 Å². The predicted molar refractivity (Wildman–Crippen MR) is 119 cm³/mol. The number of hydrogen-bond acceptors (Lipinski definition) is 10. The Kier molecular flexibility index (Phi) is 6.85. The summed E-state index contributed by atoms with van der Waals surface area (Å²) in [6, 6.07) is -0.648. The van der Waals surface area contributed by atoms with Crippen molar-refractivity contribution in [2.45, 2.75) is 42.0 Å². The van der Waals surface area contributed by atoms with E-state index < -0.39 is 23.4 Å². The quantitative estimate of drug-likeness (QED) is 0.121. The predicted octanol–water partition coefficient (Wildman–Crippen LogP) is -1.09. The van der Waals surface area contributed by atoms with Gasteiger partial charge in [-0.05, 0) is 22.4 Å². The highest BCUT2D eigenvalue weighted by Crippen LogP contribution is 2.42. The standard InChI is InChI=1S/C17H19N7O6S3/c25-6-18-9-3-8(9)13(31)19-11-14(28)24-12(16(29)30)7(4-32-15(11)24)5-33-17-20-21-22-23(17)2-1-10(26)27/h6,8-9,11,15H,1-5H2,(H,18,25)(H,19,31)(H,26,27)(H,29,30)/t8-,9+,11?,15-/m0/s1. The third kappa shape index (κ3) is 4.81. The maximum Gasteiger partial charge on any atom is 0.352 e. The lowest BCUT2D eigenvalue weighted by molar-refractivity contribution is -0.148. The Morgan fingerprint density at radius 3 is 2.85 bits per heavy atom. The number of nitrogens with one attached hydrogen (secondary N) is 2. The first-order chi connectivity index (χ1) is 15.8. The molecule has 13 nitrogen and oxygen atoms in total. The minimum Gasteiger partial charge on any atom is -0.481 e. The number of β-lactam (4-membered cyclic amide) rings is 1. The van der Waals surface area contributed by atoms with Gasteiger partial charge >= 0.3 is 11.9 Å². The minimum absolute atomic E-state index is 0.0193. The van der Waals surface area contributed by atoms with Gasteiger partial charge in [-0.2, -0.15) is 0 Å². The second-order valence-corrected chi connectivity index (χ2v) is 9.99. The number of carboxylic acid groups (broad SMARTS) is 2. The third-order valence-electron chi connectivity index (χ3n) is 5.37. The lowest BCUT2D eigenvalue weighted by Gasteiger charge is -2.49. The monoisotopic (exact) mass is 513 g/mol. The zero-order valence-corrected chi connectivity index (χ0v) is 19.4. The molecule has 3 heterocycles. The molecule has 1 saturated carbocycles. The molecule has 4 atom stereocenters. The van der Waals surface area contributed by atoms with Gasteiger partial charge in [0.05, 0.1) is 18.0 Å². The summed E-state index contributed by atoms with van der Waals surface area (Å²) in [5, 5.41) is 35.5. The highest BCUT2D eigenvalue weighted by molar-refractivity contribution is 8.01. The van der Waals surface area contributed by atoms with Gasteiger partial charge in [0.15, 0.2) is 0 Å². The van der Waals surface area contributed by atoms with Gasteiger partial charge < -0.3 is 20.8 Å². The van der Waals surface area contributed by atoms with E-state index in [1.807, 2.05) is 0 Å². The van der Waals surface area contributed by atoms with E-state index in [9.17, 15) is 24.3 Å². The molecule has 1 unspecified atom stereocenters. The largest absolute Gasteiger partial charge is 0.481 e. The van der Waals surface area contributed by atoms with Crippen LogP contribution in [0.4, 0.5) is 0 Å². The number of fused-ring (bicyclic) bond motifs is 1. The molecule has 0 radical (unpaired) electrons. The summed E-state index contributed by atoms with van der Waals surface area (Å²) in [5.74, 6) is -1.95. The van der Waals surface area contributed by atoms with Gasteiger partial charge in [0, 0.05) is 23.5 Å². The lowest BCUT2D eigenvalue weighted by atomic mass is 10.0. The molecule has 16 heteroatoms. The summed E-state index contributed by atoms with van der Waals surface area (Å²) in [6.07, 6.45) is 1.18. The van der Waals surface area contributed by atoms with Gasteiger partial charge in [-0.1, -0.05) is 24.0 Å². The molecule has 2 aliphatic heterocycles. The topological polar surface area (TPSA) is 180 Å². The normalized spacial score (nSPS) is 25.7. The Labute approximate surface area is 200 Å². The summed E-state index contributed by atoms with van der Waals surface area (Å²) >= 11 is 7.97. The Hall–Kier alpha value is -2.72. The van der Waals surface area contributed by atoms with Gasteiger partial charge in [-0.3, -0.25) is 19.3 Å². The molecule has 2 amide bonds. The maximum absolute atomic E-state index is 12.8. The minimum atomic E-state index is -1.20. The first kappa shape index (κ1) is 23.4. The van der Waals surface area contributed by atoms with E-state index in [0.29, 0.717) is 34.3 Å². The number of carbonyl (C=O) groups excluding carboxylic acids is 2. The number of aliphatic carboxylic acids is 2. The van der Waals surface area contributed by atoms with Crippen LogP contribution < -0.4 is 10.6 Å². The van der Waals surface area contributed by atoms with Crippen molar-refractivity contribution in [2.75, 3.05) is 11.5 Å². The molecular weight excluding hydrogens is 494 g/mol. The fourth-order valence-electron chi connectivity index (χ4n) is 3.60. The van der Waals surface area contributed by atoms with Crippen LogP contribution >= 0.6 is 35.7 Å². The Bertz CT molecular complexity index is 1050. The molecule has 1 saturated heterocycles. The summed E-state index contributed by atoms with van der Waals surface area (Å²) in [5.41, 5.74) is 0.491. The van der Waals surface area contributed by atoms with Crippen molar-refractivity contribution < 1.29 is 29.4 Å². The van der Waals surface area contributed by atoms with Crippen molar-refractivity contribution in [3.8, 4) is 0 Å². The fraction of sp³-hybridized carbons (Fsp3) is 0.529. The number of rotatable bonds is 11. The number of carbonyl (C=O) groups is 4. The maximum atomic E-state index is 12.8. The molecule has 0 spiro atoms. The van der Waals surface area contributed by atoms with Crippen LogP contribution in [0.5, 0.6) is 0 Å². The Morgan fingerprint density at radius 2 is 2.15 bits per heavy atom. The molecule has 0 aromatic carbocycles. The second kappa shape index (κ2) is 9.64. The van der Waals surface area contributed by atoms with Crippen molar-refractivity contribution in [1.29, 1.82) is 0 Å². The molecule has 3 aliphatic rings. The van der Waals surface area contributed by atoms with Crippen LogP contribution in [0.25, 0.3) is 0 Å². The summed E-state index contributed by atoms with van der Waals surface area (Å²) < 4.78 is 1.35. The average molecular weight is 514 g/mol. The first-order valence-electron chi connectivity index (χ1n) is 9.82. The third-order valence-corrected chi connectivity index (χ3v) is 8.17. The molecule has 1 aromatic heterocycles. The zero-order valence-electron chi connectivity index (χ0n) is 16.9. The van der Waals surface area contributed by atoms with Gasteiger partial charge in [0.1, 0.15) is 17.1 Å². The number of aryl methyl sites for hydroxylation is 1. The number of hydrogen-bond donors (Lipinski definition) is 4. The second-order valence-electron chi connectivity index (χ2n) is 7.50. The van der Waals surface area contributed by atoms with Crippen LogP contribution in [0.3, 0.4) is 0 Å². The fourth-order valence-corrected chi connectivity index (χ4v) is 6.38. The molecule has 0 bridgehead atoms. The first-order valence-corrected chi connectivity index (χ1v) is 12.3. The van der Waals surface area contributed by atoms with Crippen molar-refractivity contribution in [3.63, 3.8) is 0 Å². The molecule has 4 N–H and O–H groups in total. The van der Waals surface area contributed by atoms with E-state index in [4.69, 9.17) is 17.3 Å². The number of thiocarbonyl (C=S) groups is 1. The van der Waals surface area contributed by atoms with Crippen LogP contribution in [-0.4, -0.2) is 93.5 Å². The van der Waals surface area contributed by atoms with E-state index in [-0.39, 0.29) is 42.3 Å². The lowest BCUT2D eigenvalue weighted by Crippen LogP contribution is -2.70. The van der Waals surface area contributed by atoms with Crippen molar-refractivity contribution in [3.05, 3.63) is 11.3 Å². The van der Waals surface area contributed by atoms with Crippen molar-refractivity contribution >= 4 is 65.0 Å². The number of carboxylic acids is 2. The number of nitrogens with zero attached hydrogens (tertiary/aromatic N) is 5. The highest BCUT2D eigenvalue weighted by atomic mass is 32.2. The average Bonchev–Trinajstić information content (AvgIpc) is 3.40. The van der Waals surface area contributed by atoms with Gasteiger partial charge in [0.2, 0.25) is 11.6 Å². The summed E-state index contributed by atoms with van der Waals surface area (Å²) in [6.45, 7) is 0.0917. The number of aromatic nitrogens is 4. The molecule has 1 aliphatic carbocycles. The van der Waals surface area contributed by atoms with E-state index in [1.165, 1.54) is 33.1 Å². The van der Waals surface area contributed by atoms with Crippen LogP contribution in [0, 0.1) is 5.92 Å². The SMILES string of the molecule is O=CN[C@@H]1C[C@@H]1C(=S)NC1C(=O)N2C(C(=O)O)=C(CSc3nnnn3CCC(=O)O)CS[C@@H]12. The van der Waals surface area contributed by atoms with Crippen molar-refractivity contribution in [1.82, 2.24) is 35.7 Å². The molecule has 33 heavy (non-hydrogen) atoms. The van der Waals surface area contributed by atoms with Crippen LogP contribution in [0.15, 0.2) is 16.4 Å². The van der Waals surface area contributed by atoms with E-state index in [2.05, 4.69) is 26.2 Å². The Morgan fingerprint density at radius 1 is 1.36 bits per heavy atom. The summed E-state index contributed by atoms with van der Waals surface area (Å²) in [7, 11) is 0. The van der Waals surface area contributed by atoms with Gasteiger partial charge in [-0.15, -0.1) is 16.9 Å². The van der Waals surface area contributed by atoms with E-state index in [0.717, 1.165) is 0 Å². The van der Waals surface area contributed by atoms with Gasteiger partial charge in [0.25, 0.3) is 5.91 Å². The van der Waals surface area contributed by atoms with Crippen LogP contribution in [-0.2, 0) is 25.7 Å². The highest BCUT2D eigenvalue weighted by Gasteiger charge is 2.55. The zero-order chi connectivity index (χ0) is 23.7. The molecule has 1 aromatic rings. The molecule has 176 valence electrons. The van der Waals surface area contributed by atoms with Crippen LogP contribution in [0.2, 0.25) is 0 Å². The van der Waals surface area contributed by atoms with E-state index >= 15 is 0 Å². The summed E-state index contributed by atoms with van der Waals surface area (Å²) in [4.78, 5) is 47.9. The number of thioether (sulfide) groups is 2. The smallest absolute Gasteiger partial charge is 0.352 e. The van der Waals surface area contributed by atoms with Crippen molar-refractivity contribution in [2.24, 2.45) is 5.92 Å². The molecule has 4 rings (SSSR count). The number of amides is 2. The molecule has 2 fully saturated rings. The number of tetrazole rings is 1. The van der Waals surface area contributed by atoms with Crippen LogP contribution in [0.1, 0.15) is 12.8 Å².